The number of nitro benzene ring substituents is 2. The van der Waals surface area contributed by atoms with Gasteiger partial charge in [-0.2, -0.15) is 13.2 Å². The Kier molecular flexibility index (Phi) is 4.45. The van der Waals surface area contributed by atoms with Crippen LogP contribution in [0.3, 0.4) is 0 Å². The molecule has 0 aliphatic carbocycles. The van der Waals surface area contributed by atoms with Crippen LogP contribution < -0.4 is 5.48 Å². The van der Waals surface area contributed by atoms with Crippen molar-refractivity contribution >= 4 is 17.1 Å². The fourth-order valence-corrected chi connectivity index (χ4v) is 1.31. The predicted molar refractivity (Wildman–Crippen MR) is 60.0 cm³/mol. The summed E-state index contributed by atoms with van der Waals surface area (Å²) in [5.41, 5.74) is -2.50. The van der Waals surface area contributed by atoms with Crippen molar-refractivity contribution < 1.29 is 27.9 Å². The summed E-state index contributed by atoms with van der Waals surface area (Å²) >= 11 is 0. The molecule has 0 atom stereocenters. The third kappa shape index (κ3) is 3.32. The Bertz CT molecular complexity index is 511. The van der Waals surface area contributed by atoms with Gasteiger partial charge in [-0.05, 0) is 6.92 Å². The number of nitrogens with zero attached hydrogens (tertiary/aromatic N) is 2. The van der Waals surface area contributed by atoms with Crippen molar-refractivity contribution in [3.63, 3.8) is 0 Å². The molecule has 0 aliphatic heterocycles. The number of nitrogens with one attached hydrogen (secondary N) is 1. The molecule has 1 aromatic rings. The van der Waals surface area contributed by atoms with Gasteiger partial charge >= 0.3 is 17.6 Å². The summed E-state index contributed by atoms with van der Waals surface area (Å²) in [4.78, 5) is 23.8. The van der Waals surface area contributed by atoms with Gasteiger partial charge in [-0.15, -0.1) is 0 Å². The number of anilines is 1. The van der Waals surface area contributed by atoms with Crippen molar-refractivity contribution in [2.75, 3.05) is 12.1 Å². The summed E-state index contributed by atoms with van der Waals surface area (Å²) in [6, 6.07) is 0.405. The largest absolute Gasteiger partial charge is 0.416 e. The van der Waals surface area contributed by atoms with E-state index >= 15 is 0 Å². The minimum Gasteiger partial charge on any atom is -0.276 e. The summed E-state index contributed by atoms with van der Waals surface area (Å²) in [7, 11) is 0. The minimum atomic E-state index is -4.94. The standard InChI is InChI=1S/C9H8F3N3O5/c1-2-20-13-8-6(14(16)17)3-5(9(10,11)12)4-7(8)15(18)19/h3-4,13H,2H2,1H3. The number of hydrogen-bond acceptors (Lipinski definition) is 6. The number of benzene rings is 1. The van der Waals surface area contributed by atoms with Gasteiger partial charge in [-0.1, -0.05) is 0 Å². The second-order valence-electron chi connectivity index (χ2n) is 3.44. The average molecular weight is 295 g/mol. The maximum absolute atomic E-state index is 12.6. The molecule has 1 rings (SSSR count). The Balaban J connectivity index is 3.55. The zero-order chi connectivity index (χ0) is 15.5. The van der Waals surface area contributed by atoms with Gasteiger partial charge in [0.15, 0.2) is 0 Å². The Morgan fingerprint density at radius 2 is 1.65 bits per heavy atom. The van der Waals surface area contributed by atoms with Crippen molar-refractivity contribution in [3.05, 3.63) is 37.9 Å². The van der Waals surface area contributed by atoms with Crippen molar-refractivity contribution in [3.8, 4) is 0 Å². The molecule has 0 fully saturated rings. The highest BCUT2D eigenvalue weighted by Gasteiger charge is 2.37. The lowest BCUT2D eigenvalue weighted by Gasteiger charge is -2.10. The third-order valence-electron chi connectivity index (χ3n) is 2.14. The van der Waals surface area contributed by atoms with Crippen molar-refractivity contribution in [2.45, 2.75) is 13.1 Å². The first-order valence-electron chi connectivity index (χ1n) is 5.10. The van der Waals surface area contributed by atoms with Crippen LogP contribution in [0, 0.1) is 20.2 Å². The summed E-state index contributed by atoms with van der Waals surface area (Å²) in [6.07, 6.45) is -4.94. The average Bonchev–Trinajstić information content (AvgIpc) is 2.33. The van der Waals surface area contributed by atoms with E-state index in [2.05, 4.69) is 4.84 Å². The Morgan fingerprint density at radius 1 is 1.20 bits per heavy atom. The molecule has 110 valence electrons. The van der Waals surface area contributed by atoms with Gasteiger partial charge in [0.2, 0.25) is 5.69 Å². The van der Waals surface area contributed by atoms with Crippen LogP contribution in [-0.2, 0) is 11.0 Å². The van der Waals surface area contributed by atoms with Crippen LogP contribution in [0.1, 0.15) is 12.5 Å². The van der Waals surface area contributed by atoms with E-state index in [1.165, 1.54) is 6.92 Å². The van der Waals surface area contributed by atoms with Gasteiger partial charge in [0.1, 0.15) is 0 Å². The molecule has 0 unspecified atom stereocenters. The van der Waals surface area contributed by atoms with E-state index in [-0.39, 0.29) is 18.7 Å². The number of nitro groups is 2. The van der Waals surface area contributed by atoms with Crippen LogP contribution >= 0.6 is 0 Å². The molecule has 0 bridgehead atoms. The zero-order valence-corrected chi connectivity index (χ0v) is 9.93. The number of alkyl halides is 3. The van der Waals surface area contributed by atoms with E-state index in [4.69, 9.17) is 0 Å². The second kappa shape index (κ2) is 5.69. The first-order valence-corrected chi connectivity index (χ1v) is 5.10. The molecule has 20 heavy (non-hydrogen) atoms. The maximum atomic E-state index is 12.6. The first-order chi connectivity index (χ1) is 9.18. The Hall–Kier alpha value is -2.43. The first kappa shape index (κ1) is 15.6. The van der Waals surface area contributed by atoms with E-state index in [1.54, 1.807) is 0 Å². The molecule has 1 N–H and O–H groups in total. The van der Waals surface area contributed by atoms with Crippen molar-refractivity contribution in [2.24, 2.45) is 0 Å². The lowest BCUT2D eigenvalue weighted by Crippen LogP contribution is -2.11. The van der Waals surface area contributed by atoms with Crippen molar-refractivity contribution in [1.29, 1.82) is 0 Å². The van der Waals surface area contributed by atoms with Gasteiger partial charge < -0.3 is 0 Å². The van der Waals surface area contributed by atoms with Crippen LogP contribution in [0.15, 0.2) is 12.1 Å². The summed E-state index contributed by atoms with van der Waals surface area (Å²) in [6.45, 7) is 1.48. The second-order valence-corrected chi connectivity index (χ2v) is 3.44. The maximum Gasteiger partial charge on any atom is 0.416 e. The van der Waals surface area contributed by atoms with Crippen LogP contribution in [0.5, 0.6) is 0 Å². The van der Waals surface area contributed by atoms with Crippen LogP contribution in [0.4, 0.5) is 30.2 Å². The molecular weight excluding hydrogens is 287 g/mol. The van der Waals surface area contributed by atoms with Gasteiger partial charge in [0, 0.05) is 12.1 Å². The molecule has 0 saturated heterocycles. The SMILES string of the molecule is CCONc1c([N+](=O)[O-])cc(C(F)(F)F)cc1[N+](=O)[O-]. The molecule has 0 heterocycles. The molecule has 8 nitrogen and oxygen atoms in total. The number of rotatable bonds is 5. The molecular formula is C9H8F3N3O5. The van der Waals surface area contributed by atoms with Crippen molar-refractivity contribution in [1.82, 2.24) is 0 Å². The van der Waals surface area contributed by atoms with Crippen LogP contribution in [0.25, 0.3) is 0 Å². The molecule has 0 aliphatic rings. The van der Waals surface area contributed by atoms with Crippen LogP contribution in [-0.4, -0.2) is 16.5 Å². The van der Waals surface area contributed by atoms with Gasteiger partial charge in [0.25, 0.3) is 0 Å². The Labute approximate surface area is 109 Å². The number of halogens is 3. The summed E-state index contributed by atoms with van der Waals surface area (Å²) in [5.74, 6) is 0. The fourth-order valence-electron chi connectivity index (χ4n) is 1.31. The fraction of sp³-hybridized carbons (Fsp3) is 0.333. The monoisotopic (exact) mass is 295 g/mol. The minimum absolute atomic E-state index is 0.00463. The van der Waals surface area contributed by atoms with E-state index in [0.717, 1.165) is 0 Å². The zero-order valence-electron chi connectivity index (χ0n) is 9.93. The molecule has 0 spiro atoms. The molecule has 1 aromatic carbocycles. The predicted octanol–water partition coefficient (Wildman–Crippen LogP) is 2.89. The van der Waals surface area contributed by atoms with E-state index in [0.29, 0.717) is 0 Å². The van der Waals surface area contributed by atoms with E-state index in [9.17, 15) is 33.4 Å². The molecule has 0 radical (unpaired) electrons. The van der Waals surface area contributed by atoms with Gasteiger partial charge in [0.05, 0.1) is 22.0 Å². The normalized spacial score (nSPS) is 11.2. The third-order valence-corrected chi connectivity index (χ3v) is 2.14. The molecule has 0 saturated carbocycles. The smallest absolute Gasteiger partial charge is 0.276 e. The summed E-state index contributed by atoms with van der Waals surface area (Å²) < 4.78 is 37.7. The number of hydrogen-bond donors (Lipinski definition) is 1. The quantitative estimate of drug-likeness (QED) is 0.661. The lowest BCUT2D eigenvalue weighted by molar-refractivity contribution is -0.393. The van der Waals surface area contributed by atoms with E-state index < -0.39 is 38.6 Å². The highest BCUT2D eigenvalue weighted by atomic mass is 19.4. The summed E-state index contributed by atoms with van der Waals surface area (Å²) in [5, 5.41) is 21.5. The Morgan fingerprint density at radius 3 is 1.95 bits per heavy atom. The highest BCUT2D eigenvalue weighted by molar-refractivity contribution is 5.74. The van der Waals surface area contributed by atoms with E-state index in [1.807, 2.05) is 5.48 Å². The lowest BCUT2D eigenvalue weighted by atomic mass is 10.1. The molecule has 11 heteroatoms. The van der Waals surface area contributed by atoms with Gasteiger partial charge in [-0.25, -0.2) is 0 Å². The van der Waals surface area contributed by atoms with Gasteiger partial charge in [-0.3, -0.25) is 30.5 Å². The topological polar surface area (TPSA) is 108 Å². The molecule has 0 aromatic heterocycles. The highest BCUT2D eigenvalue weighted by Crippen LogP contribution is 2.41. The molecule has 0 amide bonds. The van der Waals surface area contributed by atoms with Crippen LogP contribution in [0.2, 0.25) is 0 Å².